The van der Waals surface area contributed by atoms with Crippen LogP contribution in [0.1, 0.15) is 85.0 Å². The quantitative estimate of drug-likeness (QED) is 0.120. The number of carboxylic acids is 1. The van der Waals surface area contributed by atoms with E-state index in [4.69, 9.17) is 5.11 Å². The lowest BCUT2D eigenvalue weighted by Crippen LogP contribution is -2.06. The van der Waals surface area contributed by atoms with Crippen LogP contribution in [0, 0.1) is 0 Å². The molecule has 0 bridgehead atoms. The van der Waals surface area contributed by atoms with E-state index >= 15 is 0 Å². The summed E-state index contributed by atoms with van der Waals surface area (Å²) >= 11 is 0. The summed E-state index contributed by atoms with van der Waals surface area (Å²) in [7, 11) is 0. The predicted octanol–water partition coefficient (Wildman–Crippen LogP) is 6.31. The lowest BCUT2D eigenvalue weighted by Gasteiger charge is -2.00. The van der Waals surface area contributed by atoms with Gasteiger partial charge in [0, 0.05) is 18.6 Å². The maximum Gasteiger partial charge on any atom is 0.338 e. The first-order valence-electron chi connectivity index (χ1n) is 10.5. The van der Waals surface area contributed by atoms with Crippen molar-refractivity contribution < 1.29 is 24.2 Å². The van der Waals surface area contributed by atoms with Gasteiger partial charge in [0.15, 0.2) is 0 Å². The second-order valence-corrected chi connectivity index (χ2v) is 6.48. The number of carbonyl (C=O) groups excluding carboxylic acids is 2. The molecule has 0 aromatic rings. The van der Waals surface area contributed by atoms with Crippen LogP contribution in [0.3, 0.4) is 0 Å². The normalized spacial score (nSPS) is 11.3. The molecule has 0 aromatic heterocycles. The Morgan fingerprint density at radius 1 is 0.690 bits per heavy atom. The highest BCUT2D eigenvalue weighted by Crippen LogP contribution is 2.10. The van der Waals surface area contributed by atoms with Gasteiger partial charge in [0.1, 0.15) is 0 Å². The van der Waals surface area contributed by atoms with E-state index in [2.05, 4.69) is 11.7 Å². The van der Waals surface area contributed by atoms with Crippen LogP contribution in [0.25, 0.3) is 0 Å². The molecule has 0 heterocycles. The molecule has 164 valence electrons. The van der Waals surface area contributed by atoms with Crippen molar-refractivity contribution in [3.63, 3.8) is 0 Å². The van der Waals surface area contributed by atoms with Gasteiger partial charge in [0.05, 0.1) is 0 Å². The molecule has 0 aliphatic rings. The number of esters is 2. The molecule has 0 radical (unpaired) electrons. The number of rotatable bonds is 14. The Morgan fingerprint density at radius 3 is 1.48 bits per heavy atom. The Kier molecular flexibility index (Phi) is 23.4. The highest BCUT2D eigenvalue weighted by atomic mass is 16.6. The molecule has 0 aliphatic carbocycles. The van der Waals surface area contributed by atoms with E-state index in [1.807, 2.05) is 13.8 Å². The van der Waals surface area contributed by atoms with Gasteiger partial charge < -0.3 is 9.84 Å². The van der Waals surface area contributed by atoms with Gasteiger partial charge >= 0.3 is 17.9 Å². The molecule has 0 saturated carbocycles. The van der Waals surface area contributed by atoms with Crippen molar-refractivity contribution in [2.75, 3.05) is 0 Å². The Labute approximate surface area is 176 Å². The van der Waals surface area contributed by atoms with Crippen molar-refractivity contribution in [1.29, 1.82) is 0 Å². The summed E-state index contributed by atoms with van der Waals surface area (Å²) in [4.78, 5) is 32.1. The lowest BCUT2D eigenvalue weighted by molar-refractivity contribution is -0.152. The first kappa shape index (κ1) is 28.8. The van der Waals surface area contributed by atoms with Gasteiger partial charge in [-0.25, -0.2) is 9.59 Å². The van der Waals surface area contributed by atoms with E-state index < -0.39 is 17.9 Å². The summed E-state index contributed by atoms with van der Waals surface area (Å²) in [5.74, 6) is -2.01. The van der Waals surface area contributed by atoms with Crippen LogP contribution in [0.15, 0.2) is 48.6 Å². The molecule has 29 heavy (non-hydrogen) atoms. The number of hydrogen-bond donors (Lipinski definition) is 1. The van der Waals surface area contributed by atoms with Gasteiger partial charge in [-0.3, -0.25) is 4.79 Å². The molecule has 0 atom stereocenters. The standard InChI is InChI=1S/C12H14O3.C12H24O2/c1-3-5-7-9-11(13)15-12(14)10-8-6-4-2;1-2-3-4-5-6-7-8-9-10-11-12(13)14/h3-10H,1-2H3;2-11H2,1H3,(H,13,14)/b5-3+,6-4+,9-7+,10-8+;. The SMILES string of the molecule is C/C=C/C=C/C(=O)OC(=O)/C=C/C=C/C.CCCCCCCCCCCC(=O)O. The molecule has 0 aliphatic heterocycles. The molecular formula is C24H38O5. The maximum absolute atomic E-state index is 10.9. The summed E-state index contributed by atoms with van der Waals surface area (Å²) in [5.41, 5.74) is 0. The Morgan fingerprint density at radius 2 is 1.10 bits per heavy atom. The van der Waals surface area contributed by atoms with Gasteiger partial charge in [-0.2, -0.15) is 0 Å². The monoisotopic (exact) mass is 406 g/mol. The van der Waals surface area contributed by atoms with Crippen LogP contribution in [0.2, 0.25) is 0 Å². The summed E-state index contributed by atoms with van der Waals surface area (Å²) < 4.78 is 4.42. The summed E-state index contributed by atoms with van der Waals surface area (Å²) in [6, 6.07) is 0. The average Bonchev–Trinajstić information content (AvgIpc) is 2.67. The Bertz CT molecular complexity index is 509. The van der Waals surface area contributed by atoms with Gasteiger partial charge in [0.2, 0.25) is 0 Å². The van der Waals surface area contributed by atoms with Crippen LogP contribution in [-0.4, -0.2) is 23.0 Å². The van der Waals surface area contributed by atoms with Crippen LogP contribution >= 0.6 is 0 Å². The first-order chi connectivity index (χ1) is 14.0. The van der Waals surface area contributed by atoms with Gasteiger partial charge in [-0.1, -0.05) is 94.7 Å². The van der Waals surface area contributed by atoms with Crippen molar-refractivity contribution in [1.82, 2.24) is 0 Å². The van der Waals surface area contributed by atoms with Crippen molar-refractivity contribution in [3.8, 4) is 0 Å². The zero-order chi connectivity index (χ0) is 22.2. The molecule has 0 amide bonds. The average molecular weight is 407 g/mol. The van der Waals surface area contributed by atoms with Gasteiger partial charge in [-0.05, 0) is 20.3 Å². The fourth-order valence-electron chi connectivity index (χ4n) is 2.24. The molecule has 0 spiro atoms. The largest absolute Gasteiger partial charge is 0.481 e. The molecule has 0 fully saturated rings. The fraction of sp³-hybridized carbons (Fsp3) is 0.542. The number of allylic oxidation sites excluding steroid dienone is 6. The number of hydrogen-bond acceptors (Lipinski definition) is 4. The van der Waals surface area contributed by atoms with E-state index in [0.29, 0.717) is 6.42 Å². The molecule has 5 heteroatoms. The molecule has 5 nitrogen and oxygen atoms in total. The van der Waals surface area contributed by atoms with Crippen LogP contribution in [0.5, 0.6) is 0 Å². The number of carbonyl (C=O) groups is 3. The van der Waals surface area contributed by atoms with Crippen LogP contribution in [0.4, 0.5) is 0 Å². The zero-order valence-corrected chi connectivity index (χ0v) is 18.3. The predicted molar refractivity (Wildman–Crippen MR) is 118 cm³/mol. The van der Waals surface area contributed by atoms with Crippen molar-refractivity contribution in [2.24, 2.45) is 0 Å². The molecule has 0 unspecified atom stereocenters. The third kappa shape index (κ3) is 27.9. The second-order valence-electron chi connectivity index (χ2n) is 6.48. The number of aliphatic carboxylic acids is 1. The Balaban J connectivity index is 0. The highest BCUT2D eigenvalue weighted by Gasteiger charge is 2.01. The first-order valence-corrected chi connectivity index (χ1v) is 10.5. The molecular weight excluding hydrogens is 368 g/mol. The number of carboxylic acid groups (broad SMARTS) is 1. The summed E-state index contributed by atoms with van der Waals surface area (Å²) in [6.07, 6.45) is 23.7. The number of unbranched alkanes of at least 4 members (excludes halogenated alkanes) is 8. The van der Waals surface area contributed by atoms with E-state index in [-0.39, 0.29) is 0 Å². The van der Waals surface area contributed by atoms with Gasteiger partial charge in [0.25, 0.3) is 0 Å². The summed E-state index contributed by atoms with van der Waals surface area (Å²) in [5, 5.41) is 8.41. The van der Waals surface area contributed by atoms with Crippen LogP contribution in [-0.2, 0) is 19.1 Å². The van der Waals surface area contributed by atoms with E-state index in [1.165, 1.54) is 69.2 Å². The van der Waals surface area contributed by atoms with Crippen molar-refractivity contribution in [3.05, 3.63) is 48.6 Å². The fourth-order valence-corrected chi connectivity index (χ4v) is 2.24. The molecule has 0 rings (SSSR count). The molecule has 0 aromatic carbocycles. The minimum absolute atomic E-state index is 0.343. The zero-order valence-electron chi connectivity index (χ0n) is 18.3. The van der Waals surface area contributed by atoms with E-state index in [1.54, 1.807) is 24.3 Å². The maximum atomic E-state index is 10.9. The van der Waals surface area contributed by atoms with Crippen LogP contribution < -0.4 is 0 Å². The number of ether oxygens (including phenoxy) is 1. The highest BCUT2D eigenvalue weighted by molar-refractivity contribution is 5.96. The third-order valence-corrected chi connectivity index (χ3v) is 3.77. The summed E-state index contributed by atoms with van der Waals surface area (Å²) in [6.45, 7) is 5.87. The lowest BCUT2D eigenvalue weighted by atomic mass is 10.1. The Hall–Kier alpha value is -2.43. The van der Waals surface area contributed by atoms with Gasteiger partial charge in [-0.15, -0.1) is 0 Å². The third-order valence-electron chi connectivity index (χ3n) is 3.77. The smallest absolute Gasteiger partial charge is 0.338 e. The molecule has 0 saturated heterocycles. The van der Waals surface area contributed by atoms with Crippen molar-refractivity contribution >= 4 is 17.9 Å². The molecule has 1 N–H and O–H groups in total. The minimum atomic E-state index is -0.678. The van der Waals surface area contributed by atoms with Crippen molar-refractivity contribution in [2.45, 2.75) is 85.0 Å². The topological polar surface area (TPSA) is 80.7 Å². The second kappa shape index (κ2) is 23.6. The minimum Gasteiger partial charge on any atom is -0.481 e. The van der Waals surface area contributed by atoms with E-state index in [0.717, 1.165) is 12.8 Å². The van der Waals surface area contributed by atoms with E-state index in [9.17, 15) is 14.4 Å².